The molecule has 1 fully saturated rings. The average Bonchev–Trinajstić information content (AvgIpc) is 2.80. The molecule has 1 aliphatic carbocycles. The third-order valence-corrected chi connectivity index (χ3v) is 6.48. The topological polar surface area (TPSA) is 54.8 Å². The molecule has 0 amide bonds. The van der Waals surface area contributed by atoms with Gasteiger partial charge in [-0.3, -0.25) is 4.90 Å². The minimum atomic E-state index is 0.550. The van der Waals surface area contributed by atoms with Crippen molar-refractivity contribution in [2.24, 2.45) is 0 Å². The van der Waals surface area contributed by atoms with Crippen molar-refractivity contribution in [1.82, 2.24) is 24.8 Å². The molecule has 2 heterocycles. The maximum Gasteiger partial charge on any atom is 0.0890 e. The Labute approximate surface area is 183 Å². The third-order valence-electron chi connectivity index (χ3n) is 6.48. The van der Waals surface area contributed by atoms with Crippen LogP contribution in [0.5, 0.6) is 0 Å². The number of hydrogen-bond acceptors (Lipinski definition) is 5. The van der Waals surface area contributed by atoms with E-state index in [9.17, 15) is 0 Å². The van der Waals surface area contributed by atoms with E-state index >= 15 is 0 Å². The number of nitrogens with zero attached hydrogens (tertiary/aromatic N) is 5. The number of aryl methyl sites for hydroxylation is 2. The fourth-order valence-electron chi connectivity index (χ4n) is 4.69. The summed E-state index contributed by atoms with van der Waals surface area (Å²) in [5.41, 5.74) is 8.02. The number of benzene rings is 2. The maximum absolute atomic E-state index is 4.98. The van der Waals surface area contributed by atoms with Crippen molar-refractivity contribution in [2.45, 2.75) is 65.1 Å². The van der Waals surface area contributed by atoms with Crippen LogP contribution >= 0.6 is 0 Å². The van der Waals surface area contributed by atoms with Crippen molar-refractivity contribution < 1.29 is 0 Å². The molecular weight excluding hydrogens is 382 g/mol. The molecule has 0 N–H and O–H groups in total. The summed E-state index contributed by atoms with van der Waals surface area (Å²) in [5, 5.41) is 0. The Kier molecular flexibility index (Phi) is 5.60. The minimum Gasteiger partial charge on any atom is -0.289 e. The summed E-state index contributed by atoms with van der Waals surface area (Å²) in [7, 11) is 0. The fourth-order valence-corrected chi connectivity index (χ4v) is 4.69. The zero-order chi connectivity index (χ0) is 21.2. The molecule has 0 atom stereocenters. The van der Waals surface area contributed by atoms with Gasteiger partial charge in [0, 0.05) is 19.1 Å². The minimum absolute atomic E-state index is 0.550. The first-order chi connectivity index (χ1) is 15.2. The Hall–Kier alpha value is -2.92. The second-order valence-electron chi connectivity index (χ2n) is 8.69. The molecular formula is C26H29N5. The van der Waals surface area contributed by atoms with E-state index in [1.54, 1.807) is 0 Å². The molecule has 31 heavy (non-hydrogen) atoms. The zero-order valence-corrected chi connectivity index (χ0v) is 18.4. The largest absolute Gasteiger partial charge is 0.289 e. The van der Waals surface area contributed by atoms with Crippen LogP contribution in [-0.4, -0.2) is 30.9 Å². The van der Waals surface area contributed by atoms with Gasteiger partial charge < -0.3 is 0 Å². The van der Waals surface area contributed by atoms with Gasteiger partial charge in [0.15, 0.2) is 0 Å². The highest BCUT2D eigenvalue weighted by atomic mass is 15.2. The van der Waals surface area contributed by atoms with Crippen LogP contribution in [0.4, 0.5) is 0 Å². The van der Waals surface area contributed by atoms with E-state index in [1.807, 2.05) is 36.4 Å². The molecule has 1 aliphatic rings. The summed E-state index contributed by atoms with van der Waals surface area (Å²) in [5.74, 6) is 0. The van der Waals surface area contributed by atoms with E-state index in [1.165, 1.54) is 32.1 Å². The lowest BCUT2D eigenvalue weighted by Gasteiger charge is -2.34. The SMILES string of the molecule is Cc1nc2ccccc2nc1CN(Cc1nc2ccccc2nc1C)C1CCCCC1. The van der Waals surface area contributed by atoms with Crippen molar-refractivity contribution in [1.29, 1.82) is 0 Å². The standard InChI is InChI=1S/C26H29N5/c1-18-25(29-23-14-8-6-12-21(23)27-18)16-31(20-10-4-3-5-11-20)17-26-19(2)28-22-13-7-9-15-24(22)30-26/h6-9,12-15,20H,3-5,10-11,16-17H2,1-2H3. The lowest BCUT2D eigenvalue weighted by molar-refractivity contribution is 0.136. The predicted octanol–water partition coefficient (Wildman–Crippen LogP) is 5.52. The van der Waals surface area contributed by atoms with Gasteiger partial charge in [-0.15, -0.1) is 0 Å². The highest BCUT2D eigenvalue weighted by Gasteiger charge is 2.24. The van der Waals surface area contributed by atoms with Crippen molar-refractivity contribution in [3.8, 4) is 0 Å². The van der Waals surface area contributed by atoms with Gasteiger partial charge >= 0.3 is 0 Å². The van der Waals surface area contributed by atoms with E-state index < -0.39 is 0 Å². The van der Waals surface area contributed by atoms with Gasteiger partial charge in [-0.2, -0.15) is 0 Å². The quantitative estimate of drug-likeness (QED) is 0.432. The molecule has 0 spiro atoms. The first kappa shape index (κ1) is 20.0. The Bertz CT molecular complexity index is 1130. The summed E-state index contributed by atoms with van der Waals surface area (Å²) in [6.45, 7) is 5.74. The number of fused-ring (bicyclic) bond motifs is 2. The van der Waals surface area contributed by atoms with Crippen LogP contribution in [-0.2, 0) is 13.1 Å². The van der Waals surface area contributed by atoms with Crippen LogP contribution in [0.25, 0.3) is 22.1 Å². The van der Waals surface area contributed by atoms with Gasteiger partial charge in [-0.05, 0) is 51.0 Å². The van der Waals surface area contributed by atoms with Crippen molar-refractivity contribution >= 4 is 22.1 Å². The molecule has 0 radical (unpaired) electrons. The number of hydrogen-bond donors (Lipinski definition) is 0. The Balaban J connectivity index is 1.49. The van der Waals surface area contributed by atoms with Crippen LogP contribution < -0.4 is 0 Å². The molecule has 2 aromatic carbocycles. The molecule has 1 saturated carbocycles. The second-order valence-corrected chi connectivity index (χ2v) is 8.69. The highest BCUT2D eigenvalue weighted by Crippen LogP contribution is 2.27. The fraction of sp³-hybridized carbons (Fsp3) is 0.385. The Morgan fingerprint density at radius 2 is 1.06 bits per heavy atom. The van der Waals surface area contributed by atoms with Crippen LogP contribution in [0.1, 0.15) is 54.9 Å². The van der Waals surface area contributed by atoms with Crippen LogP contribution in [0.2, 0.25) is 0 Å². The first-order valence-corrected chi connectivity index (χ1v) is 11.4. The molecule has 5 rings (SSSR count). The van der Waals surface area contributed by atoms with Crippen molar-refractivity contribution in [2.75, 3.05) is 0 Å². The first-order valence-electron chi connectivity index (χ1n) is 11.4. The van der Waals surface area contributed by atoms with Crippen LogP contribution in [0, 0.1) is 13.8 Å². The summed E-state index contributed by atoms with van der Waals surface area (Å²) < 4.78 is 0. The van der Waals surface area contributed by atoms with E-state index in [4.69, 9.17) is 19.9 Å². The third kappa shape index (κ3) is 4.28. The van der Waals surface area contributed by atoms with Crippen LogP contribution in [0.15, 0.2) is 48.5 Å². The predicted molar refractivity (Wildman–Crippen MR) is 125 cm³/mol. The van der Waals surface area contributed by atoms with Crippen molar-refractivity contribution in [3.63, 3.8) is 0 Å². The van der Waals surface area contributed by atoms with E-state index in [2.05, 4.69) is 30.9 Å². The van der Waals surface area contributed by atoms with Gasteiger partial charge in [0.2, 0.25) is 0 Å². The molecule has 0 saturated heterocycles. The number of aromatic nitrogens is 4. The summed E-state index contributed by atoms with van der Waals surface area (Å²) >= 11 is 0. The summed E-state index contributed by atoms with van der Waals surface area (Å²) in [6.07, 6.45) is 6.41. The molecule has 158 valence electrons. The monoisotopic (exact) mass is 411 g/mol. The lowest BCUT2D eigenvalue weighted by atomic mass is 9.93. The molecule has 0 bridgehead atoms. The van der Waals surface area contributed by atoms with E-state index in [-0.39, 0.29) is 0 Å². The second kappa shape index (κ2) is 8.67. The van der Waals surface area contributed by atoms with Crippen molar-refractivity contribution in [3.05, 3.63) is 71.3 Å². The van der Waals surface area contributed by atoms with E-state index in [0.717, 1.165) is 57.9 Å². The summed E-state index contributed by atoms with van der Waals surface area (Å²) in [6, 6.07) is 16.8. The molecule has 5 heteroatoms. The number of rotatable bonds is 5. The van der Waals surface area contributed by atoms with Gasteiger partial charge in [-0.25, -0.2) is 19.9 Å². The molecule has 5 nitrogen and oxygen atoms in total. The lowest BCUT2D eigenvalue weighted by Crippen LogP contribution is -2.37. The van der Waals surface area contributed by atoms with Gasteiger partial charge in [0.25, 0.3) is 0 Å². The summed E-state index contributed by atoms with van der Waals surface area (Å²) in [4.78, 5) is 22.2. The van der Waals surface area contributed by atoms with Crippen LogP contribution in [0.3, 0.4) is 0 Å². The zero-order valence-electron chi connectivity index (χ0n) is 18.4. The smallest absolute Gasteiger partial charge is 0.0890 e. The Morgan fingerprint density at radius 1 is 0.645 bits per heavy atom. The Morgan fingerprint density at radius 3 is 1.52 bits per heavy atom. The van der Waals surface area contributed by atoms with E-state index in [0.29, 0.717) is 6.04 Å². The maximum atomic E-state index is 4.98. The normalized spacial score (nSPS) is 15.2. The number of para-hydroxylation sites is 4. The van der Waals surface area contributed by atoms with Gasteiger partial charge in [-0.1, -0.05) is 43.5 Å². The molecule has 4 aromatic rings. The highest BCUT2D eigenvalue weighted by molar-refractivity contribution is 5.74. The molecule has 0 unspecified atom stereocenters. The van der Waals surface area contributed by atoms with Gasteiger partial charge in [0.1, 0.15) is 0 Å². The molecule has 0 aliphatic heterocycles. The van der Waals surface area contributed by atoms with Gasteiger partial charge in [0.05, 0.1) is 44.8 Å². The average molecular weight is 412 g/mol. The molecule has 2 aromatic heterocycles.